The second-order valence-corrected chi connectivity index (χ2v) is 10.3. The van der Waals surface area contributed by atoms with Gasteiger partial charge in [-0.15, -0.1) is 0 Å². The fraction of sp³-hybridized carbons (Fsp3) is 0.227. The fourth-order valence-electron chi connectivity index (χ4n) is 3.17. The van der Waals surface area contributed by atoms with Crippen LogP contribution in [0, 0.1) is 17.5 Å². The van der Waals surface area contributed by atoms with Crippen LogP contribution in [0.4, 0.5) is 29.6 Å². The Morgan fingerprint density at radius 3 is 2.66 bits per heavy atom. The number of nitrogens with two attached hydrogens (primary N) is 1. The maximum absolute atomic E-state index is 14.3. The maximum Gasteiger partial charge on any atom is 0.437 e. The van der Waals surface area contributed by atoms with Crippen molar-refractivity contribution in [3.63, 3.8) is 0 Å². The molecule has 0 saturated carbocycles. The van der Waals surface area contributed by atoms with Crippen molar-refractivity contribution in [2.24, 2.45) is 10.1 Å². The molecule has 2 aromatic carbocycles. The number of nitrogens with zero attached hydrogens (tertiary/aromatic N) is 3. The Kier molecular flexibility index (Phi) is 8.38. The Morgan fingerprint density at radius 2 is 1.97 bits per heavy atom. The summed E-state index contributed by atoms with van der Waals surface area (Å²) in [4.78, 5) is 18.8. The van der Waals surface area contributed by atoms with Gasteiger partial charge in [-0.25, -0.2) is 27.9 Å². The molecule has 1 amide bonds. The van der Waals surface area contributed by atoms with Gasteiger partial charge in [-0.05, 0) is 49.1 Å². The summed E-state index contributed by atoms with van der Waals surface area (Å²) in [5.74, 6) is -2.46. The molecule has 0 bridgehead atoms. The summed E-state index contributed by atoms with van der Waals surface area (Å²) >= 11 is 0. The Morgan fingerprint density at radius 1 is 1.20 bits per heavy atom. The normalized spacial score (nSPS) is 11.7. The van der Waals surface area contributed by atoms with E-state index in [1.807, 2.05) is 0 Å². The van der Waals surface area contributed by atoms with Crippen LogP contribution in [0.25, 0.3) is 11.3 Å². The Balaban J connectivity index is 1.96. The number of ether oxygens (including phenoxy) is 1. The average Bonchev–Trinajstić information content (AvgIpc) is 2.74. The van der Waals surface area contributed by atoms with E-state index in [4.69, 9.17) is 15.6 Å². The lowest BCUT2D eigenvalue weighted by molar-refractivity contribution is 0.206. The van der Waals surface area contributed by atoms with Crippen LogP contribution in [0.2, 0.25) is 0 Å². The second kappa shape index (κ2) is 11.3. The molecule has 0 unspecified atom stereocenters. The number of anilines is 2. The lowest BCUT2D eigenvalue weighted by Gasteiger charge is -2.19. The van der Waals surface area contributed by atoms with E-state index >= 15 is 0 Å². The van der Waals surface area contributed by atoms with Crippen molar-refractivity contribution in [3.05, 3.63) is 65.6 Å². The first-order valence-electron chi connectivity index (χ1n) is 10.3. The quantitative estimate of drug-likeness (QED) is 0.210. The molecule has 9 nitrogen and oxygen atoms in total. The molecule has 3 aromatic rings. The molecule has 188 valence electrons. The Labute approximate surface area is 200 Å². The van der Waals surface area contributed by atoms with E-state index in [0.717, 1.165) is 18.3 Å². The molecule has 0 spiro atoms. The molecule has 0 saturated heterocycles. The lowest BCUT2D eigenvalue weighted by Crippen LogP contribution is -2.13. The van der Waals surface area contributed by atoms with Crippen LogP contribution in [0.5, 0.6) is 5.75 Å². The first-order valence-corrected chi connectivity index (χ1v) is 12.7. The van der Waals surface area contributed by atoms with Gasteiger partial charge in [0, 0.05) is 29.1 Å². The number of amides is 1. The predicted octanol–water partition coefficient (Wildman–Crippen LogP) is 4.38. The van der Waals surface area contributed by atoms with Crippen LogP contribution in [-0.2, 0) is 15.9 Å². The minimum Gasteiger partial charge on any atom is -0.493 e. The van der Waals surface area contributed by atoms with Crippen LogP contribution in [-0.4, -0.2) is 45.1 Å². The average molecular weight is 512 g/mol. The minimum absolute atomic E-state index is 0.0572. The van der Waals surface area contributed by atoms with Gasteiger partial charge < -0.3 is 25.4 Å². The number of aromatic nitrogens is 2. The highest BCUT2D eigenvalue weighted by atomic mass is 32.3. The highest BCUT2D eigenvalue weighted by molar-refractivity contribution is 7.98. The molecular formula is C22H24F3N5O4S. The molecule has 0 radical (unpaired) electrons. The van der Waals surface area contributed by atoms with Crippen molar-refractivity contribution in [3.8, 4) is 17.0 Å². The van der Waals surface area contributed by atoms with Gasteiger partial charge in [-0.3, -0.25) is 0 Å². The van der Waals surface area contributed by atoms with Gasteiger partial charge in [0.25, 0.3) is 0 Å². The van der Waals surface area contributed by atoms with Gasteiger partial charge in [0.2, 0.25) is 5.95 Å². The van der Waals surface area contributed by atoms with Gasteiger partial charge in [0.1, 0.15) is 23.1 Å². The summed E-state index contributed by atoms with van der Waals surface area (Å²) < 4.78 is 61.3. The van der Waals surface area contributed by atoms with E-state index in [9.17, 15) is 22.5 Å². The van der Waals surface area contributed by atoms with Crippen LogP contribution in [0.15, 0.2) is 47.0 Å². The molecule has 0 aliphatic carbocycles. The third kappa shape index (κ3) is 7.47. The topological polar surface area (TPSA) is 143 Å². The van der Waals surface area contributed by atoms with E-state index in [-0.39, 0.29) is 23.0 Å². The monoisotopic (exact) mass is 511 g/mol. The van der Waals surface area contributed by atoms with E-state index in [0.29, 0.717) is 42.6 Å². The van der Waals surface area contributed by atoms with Crippen molar-refractivity contribution in [1.29, 1.82) is 0 Å². The SMILES string of the molecule is C[SH](O)(Cc1cc(Nc2ncc(F)c(-c3ccc(F)cc3F)n2)cc(OCCCN)c1)=NC(=O)O. The number of carboxylic acid groups (broad SMARTS) is 1. The van der Waals surface area contributed by atoms with Crippen LogP contribution < -0.4 is 15.8 Å². The largest absolute Gasteiger partial charge is 0.493 e. The number of hydrogen-bond donors (Lipinski definition) is 5. The third-order valence-corrected chi connectivity index (χ3v) is 6.12. The van der Waals surface area contributed by atoms with Crippen LogP contribution >= 0.6 is 0 Å². The predicted molar refractivity (Wildman–Crippen MR) is 128 cm³/mol. The smallest absolute Gasteiger partial charge is 0.437 e. The maximum atomic E-state index is 14.3. The number of thiol groups is 1. The van der Waals surface area contributed by atoms with Gasteiger partial charge >= 0.3 is 6.09 Å². The van der Waals surface area contributed by atoms with Crippen LogP contribution in [0.1, 0.15) is 12.0 Å². The Bertz CT molecular complexity index is 1290. The summed E-state index contributed by atoms with van der Waals surface area (Å²) in [6, 6.07) is 7.48. The minimum atomic E-state index is -3.17. The zero-order chi connectivity index (χ0) is 25.6. The van der Waals surface area contributed by atoms with Gasteiger partial charge in [-0.1, -0.05) is 10.1 Å². The second-order valence-electron chi connectivity index (χ2n) is 7.62. The molecule has 0 atom stereocenters. The highest BCUT2D eigenvalue weighted by Gasteiger charge is 2.16. The molecular weight excluding hydrogens is 487 g/mol. The summed E-state index contributed by atoms with van der Waals surface area (Å²) in [5, 5.41) is 11.8. The number of nitrogens with one attached hydrogen (secondary N) is 1. The molecule has 35 heavy (non-hydrogen) atoms. The van der Waals surface area contributed by atoms with Gasteiger partial charge in [0.05, 0.1) is 12.8 Å². The van der Waals surface area contributed by atoms with Gasteiger partial charge in [0.15, 0.2) is 5.82 Å². The molecule has 5 N–H and O–H groups in total. The summed E-state index contributed by atoms with van der Waals surface area (Å²) in [5.41, 5.74) is 5.76. The molecule has 0 fully saturated rings. The van der Waals surface area contributed by atoms with E-state index < -0.39 is 33.7 Å². The lowest BCUT2D eigenvalue weighted by atomic mass is 10.1. The van der Waals surface area contributed by atoms with Crippen molar-refractivity contribution < 1.29 is 32.4 Å². The van der Waals surface area contributed by atoms with Crippen molar-refractivity contribution in [1.82, 2.24) is 9.97 Å². The molecule has 13 heteroatoms. The highest BCUT2D eigenvalue weighted by Crippen LogP contribution is 2.28. The summed E-state index contributed by atoms with van der Waals surface area (Å²) in [7, 11) is -3.17. The number of rotatable bonds is 9. The van der Waals surface area contributed by atoms with E-state index in [1.165, 1.54) is 6.26 Å². The van der Waals surface area contributed by atoms with Crippen molar-refractivity contribution in [2.75, 3.05) is 24.7 Å². The standard InChI is InChI=1S/C22H24F3N5O4S/c1-35(33,30-22(31)32)12-13-7-15(10-16(8-13)34-6-2-5-26)28-21-27-11-19(25)20(29-21)17-4-3-14(23)9-18(17)24/h3-4,7-11,35H,2,5-6,12,26H2,1H3,(H,30,33)(H,31,32)(H,27,28,29). The Hall–Kier alpha value is -3.55. The zero-order valence-corrected chi connectivity index (χ0v) is 19.5. The van der Waals surface area contributed by atoms with Gasteiger partial charge in [-0.2, -0.15) is 4.36 Å². The van der Waals surface area contributed by atoms with Crippen molar-refractivity contribution in [2.45, 2.75) is 12.2 Å². The van der Waals surface area contributed by atoms with Crippen molar-refractivity contribution >= 4 is 27.8 Å². The van der Waals surface area contributed by atoms with E-state index in [1.54, 1.807) is 18.2 Å². The molecule has 3 rings (SSSR count). The fourth-order valence-corrected chi connectivity index (χ4v) is 4.49. The first-order chi connectivity index (χ1) is 16.6. The van der Waals surface area contributed by atoms with Crippen LogP contribution in [0.3, 0.4) is 0 Å². The summed E-state index contributed by atoms with van der Waals surface area (Å²) in [6.45, 7) is 0.722. The summed E-state index contributed by atoms with van der Waals surface area (Å²) in [6.07, 6.45) is 1.30. The molecule has 0 aliphatic heterocycles. The third-order valence-electron chi connectivity index (χ3n) is 4.55. The molecule has 1 aromatic heterocycles. The number of carbonyl (C=O) groups is 1. The zero-order valence-electron chi connectivity index (χ0n) is 18.6. The molecule has 0 aliphatic rings. The number of hydrogen-bond acceptors (Lipinski definition) is 6. The van der Waals surface area contributed by atoms with E-state index in [2.05, 4.69) is 19.6 Å². The first kappa shape index (κ1) is 26.1. The number of halogens is 3. The molecule has 1 heterocycles. The number of benzene rings is 2.